The number of aromatic nitrogens is 3. The summed E-state index contributed by atoms with van der Waals surface area (Å²) in [6.07, 6.45) is 0.566. The molecule has 1 N–H and O–H groups in total. The number of thioether (sulfide) groups is 1. The highest BCUT2D eigenvalue weighted by Gasteiger charge is 2.22. The van der Waals surface area contributed by atoms with Crippen LogP contribution in [-0.2, 0) is 18.3 Å². The Kier molecular flexibility index (Phi) is 7.84. The van der Waals surface area contributed by atoms with E-state index in [1.807, 2.05) is 59.8 Å². The third kappa shape index (κ3) is 5.96. The number of carbonyl (C=O) groups excluding carboxylic acids is 2. The fraction of sp³-hybridized carbons (Fsp3) is 0.360. The molecular weight excluding hydrogens is 448 g/mol. The number of hydrogen-bond acceptors (Lipinski definition) is 6. The Labute approximate surface area is 204 Å². The molecule has 3 aromatic rings. The molecule has 2 heterocycles. The van der Waals surface area contributed by atoms with Gasteiger partial charge in [0.2, 0.25) is 5.91 Å². The van der Waals surface area contributed by atoms with E-state index >= 15 is 0 Å². The van der Waals surface area contributed by atoms with Crippen molar-refractivity contribution in [3.05, 3.63) is 71.5 Å². The van der Waals surface area contributed by atoms with Crippen LogP contribution in [0.4, 0.5) is 5.69 Å². The van der Waals surface area contributed by atoms with Crippen molar-refractivity contribution in [1.29, 1.82) is 0 Å². The molecule has 1 aromatic heterocycles. The molecule has 0 aliphatic carbocycles. The van der Waals surface area contributed by atoms with Gasteiger partial charge in [-0.3, -0.25) is 9.59 Å². The number of piperazine rings is 1. The van der Waals surface area contributed by atoms with Gasteiger partial charge < -0.3 is 19.7 Å². The van der Waals surface area contributed by atoms with Gasteiger partial charge in [-0.25, -0.2) is 0 Å². The Morgan fingerprint density at radius 1 is 1.00 bits per heavy atom. The summed E-state index contributed by atoms with van der Waals surface area (Å²) < 4.78 is 1.89. The second kappa shape index (κ2) is 11.2. The molecule has 0 atom stereocenters. The molecule has 2 amide bonds. The van der Waals surface area contributed by atoms with Gasteiger partial charge in [0.15, 0.2) is 5.16 Å². The lowest BCUT2D eigenvalue weighted by atomic mass is 10.1. The number of rotatable bonds is 8. The zero-order valence-electron chi connectivity index (χ0n) is 19.6. The van der Waals surface area contributed by atoms with Crippen molar-refractivity contribution in [2.75, 3.05) is 43.4 Å². The molecule has 0 saturated carbocycles. The van der Waals surface area contributed by atoms with Crippen LogP contribution < -0.4 is 10.2 Å². The third-order valence-corrected chi connectivity index (χ3v) is 6.92. The van der Waals surface area contributed by atoms with Crippen LogP contribution in [0.25, 0.3) is 0 Å². The molecule has 0 spiro atoms. The molecule has 4 rings (SSSR count). The van der Waals surface area contributed by atoms with Gasteiger partial charge in [-0.1, -0.05) is 47.7 Å². The lowest BCUT2D eigenvalue weighted by Crippen LogP contribution is -2.49. The van der Waals surface area contributed by atoms with Crippen LogP contribution in [-0.4, -0.2) is 70.0 Å². The summed E-state index contributed by atoms with van der Waals surface area (Å²) in [6, 6.07) is 17.8. The molecule has 0 bridgehead atoms. The highest BCUT2D eigenvalue weighted by molar-refractivity contribution is 7.99. The molecule has 2 aromatic carbocycles. The molecule has 1 aliphatic heterocycles. The molecule has 0 unspecified atom stereocenters. The number of hydrogen-bond donors (Lipinski definition) is 1. The fourth-order valence-electron chi connectivity index (χ4n) is 3.94. The molecule has 1 saturated heterocycles. The van der Waals surface area contributed by atoms with E-state index in [0.717, 1.165) is 37.6 Å². The van der Waals surface area contributed by atoms with Crippen molar-refractivity contribution in [1.82, 2.24) is 25.0 Å². The monoisotopic (exact) mass is 478 g/mol. The van der Waals surface area contributed by atoms with Gasteiger partial charge in [-0.05, 0) is 31.2 Å². The van der Waals surface area contributed by atoms with Crippen molar-refractivity contribution in [2.45, 2.75) is 18.5 Å². The number of anilines is 1. The van der Waals surface area contributed by atoms with E-state index < -0.39 is 0 Å². The van der Waals surface area contributed by atoms with Crippen molar-refractivity contribution in [2.24, 2.45) is 7.05 Å². The summed E-state index contributed by atoms with van der Waals surface area (Å²) in [5.41, 5.74) is 2.90. The minimum Gasteiger partial charge on any atom is -0.368 e. The fourth-order valence-corrected chi connectivity index (χ4v) is 4.77. The van der Waals surface area contributed by atoms with Crippen molar-refractivity contribution in [3.63, 3.8) is 0 Å². The number of para-hydroxylation sites is 1. The van der Waals surface area contributed by atoms with E-state index in [1.165, 1.54) is 17.4 Å². The zero-order valence-corrected chi connectivity index (χ0v) is 20.4. The van der Waals surface area contributed by atoms with Gasteiger partial charge in [0.05, 0.1) is 5.75 Å². The molecule has 34 heavy (non-hydrogen) atoms. The molecule has 178 valence electrons. The average molecular weight is 479 g/mol. The number of benzene rings is 2. The van der Waals surface area contributed by atoms with Crippen LogP contribution in [0.3, 0.4) is 0 Å². The summed E-state index contributed by atoms with van der Waals surface area (Å²) >= 11 is 1.40. The summed E-state index contributed by atoms with van der Waals surface area (Å²) in [6.45, 7) is 5.54. The van der Waals surface area contributed by atoms with Crippen LogP contribution in [0, 0.1) is 6.92 Å². The first-order valence-corrected chi connectivity index (χ1v) is 12.4. The van der Waals surface area contributed by atoms with Gasteiger partial charge in [-0.2, -0.15) is 0 Å². The summed E-state index contributed by atoms with van der Waals surface area (Å²) in [4.78, 5) is 29.3. The minimum atomic E-state index is -0.0987. The molecule has 9 heteroatoms. The molecule has 1 aliphatic rings. The van der Waals surface area contributed by atoms with Crippen molar-refractivity contribution < 1.29 is 9.59 Å². The van der Waals surface area contributed by atoms with Crippen LogP contribution >= 0.6 is 11.8 Å². The van der Waals surface area contributed by atoms with E-state index in [4.69, 9.17) is 0 Å². The first kappa shape index (κ1) is 23.8. The Bertz CT molecular complexity index is 1130. The van der Waals surface area contributed by atoms with E-state index in [-0.39, 0.29) is 11.8 Å². The average Bonchev–Trinajstić information content (AvgIpc) is 3.22. The van der Waals surface area contributed by atoms with Crippen LogP contribution in [0.5, 0.6) is 0 Å². The predicted octanol–water partition coefficient (Wildman–Crippen LogP) is 2.54. The second-order valence-electron chi connectivity index (χ2n) is 8.33. The maximum Gasteiger partial charge on any atom is 0.251 e. The lowest BCUT2D eigenvalue weighted by Gasteiger charge is -2.36. The normalized spacial score (nSPS) is 13.7. The van der Waals surface area contributed by atoms with Crippen molar-refractivity contribution >= 4 is 29.3 Å². The van der Waals surface area contributed by atoms with Crippen LogP contribution in [0.2, 0.25) is 0 Å². The lowest BCUT2D eigenvalue weighted by molar-refractivity contribution is -0.128. The van der Waals surface area contributed by atoms with E-state index in [1.54, 1.807) is 6.07 Å². The van der Waals surface area contributed by atoms with E-state index in [9.17, 15) is 9.59 Å². The first-order valence-electron chi connectivity index (χ1n) is 11.4. The molecular formula is C25H30N6O2S. The SMILES string of the molecule is Cc1cccc(C(=O)NCCc2nnc(SCC(=O)N3CCN(c4ccccc4)CC3)n2C)c1. The summed E-state index contributed by atoms with van der Waals surface area (Å²) in [5, 5.41) is 12.1. The Morgan fingerprint density at radius 2 is 1.76 bits per heavy atom. The maximum atomic E-state index is 12.7. The first-order chi connectivity index (χ1) is 16.5. The quantitative estimate of drug-likeness (QED) is 0.501. The predicted molar refractivity (Wildman–Crippen MR) is 134 cm³/mol. The molecule has 0 radical (unpaired) electrons. The number of aryl methyl sites for hydroxylation is 1. The highest BCUT2D eigenvalue weighted by atomic mass is 32.2. The summed E-state index contributed by atoms with van der Waals surface area (Å²) in [7, 11) is 1.89. The van der Waals surface area contributed by atoms with Crippen molar-refractivity contribution in [3.8, 4) is 0 Å². The number of nitrogens with zero attached hydrogens (tertiary/aromatic N) is 5. The smallest absolute Gasteiger partial charge is 0.251 e. The van der Waals surface area contributed by atoms with Gasteiger partial charge in [0.25, 0.3) is 5.91 Å². The number of amides is 2. The van der Waals surface area contributed by atoms with E-state index in [2.05, 4.69) is 32.5 Å². The number of nitrogens with one attached hydrogen (secondary N) is 1. The highest BCUT2D eigenvalue weighted by Crippen LogP contribution is 2.19. The largest absolute Gasteiger partial charge is 0.368 e. The van der Waals surface area contributed by atoms with Crippen LogP contribution in [0.15, 0.2) is 59.8 Å². The van der Waals surface area contributed by atoms with Crippen LogP contribution in [0.1, 0.15) is 21.7 Å². The maximum absolute atomic E-state index is 12.7. The summed E-state index contributed by atoms with van der Waals surface area (Å²) in [5.74, 6) is 1.13. The second-order valence-corrected chi connectivity index (χ2v) is 9.27. The Balaban J connectivity index is 1.21. The molecule has 8 nitrogen and oxygen atoms in total. The third-order valence-electron chi connectivity index (χ3n) is 5.92. The minimum absolute atomic E-state index is 0.0987. The molecule has 1 fully saturated rings. The van der Waals surface area contributed by atoms with Gasteiger partial charge in [-0.15, -0.1) is 10.2 Å². The van der Waals surface area contributed by atoms with Gasteiger partial charge in [0, 0.05) is 57.4 Å². The van der Waals surface area contributed by atoms with Gasteiger partial charge >= 0.3 is 0 Å². The zero-order chi connectivity index (χ0) is 23.9. The number of carbonyl (C=O) groups is 2. The standard InChI is InChI=1S/C25H30N6O2S/c1-19-7-6-8-20(17-19)24(33)26-12-11-22-27-28-25(29(22)2)34-18-23(32)31-15-13-30(14-16-31)21-9-4-3-5-10-21/h3-10,17H,11-16,18H2,1-2H3,(H,26,33). The van der Waals surface area contributed by atoms with Gasteiger partial charge in [0.1, 0.15) is 5.82 Å². The Hall–Kier alpha value is -3.33. The van der Waals surface area contributed by atoms with E-state index in [0.29, 0.717) is 29.4 Å². The topological polar surface area (TPSA) is 83.4 Å². The Morgan fingerprint density at radius 3 is 2.50 bits per heavy atom.